The smallest absolute Gasteiger partial charge is 0.254 e. The van der Waals surface area contributed by atoms with Crippen LogP contribution in [0.5, 0.6) is 0 Å². The number of likely N-dealkylation sites (tertiary alicyclic amines) is 1. The Balaban J connectivity index is 2.16. The molecule has 0 unspecified atom stereocenters. The zero-order valence-corrected chi connectivity index (χ0v) is 10.1. The summed E-state index contributed by atoms with van der Waals surface area (Å²) >= 11 is 3.42. The summed E-state index contributed by atoms with van der Waals surface area (Å²) < 4.78 is 0.971. The summed E-state index contributed by atoms with van der Waals surface area (Å²) in [5.41, 5.74) is 7.49. The lowest BCUT2D eigenvalue weighted by Gasteiger charge is -2.36. The number of aryl methyl sites for hydroxylation is 1. The van der Waals surface area contributed by atoms with Gasteiger partial charge in [-0.3, -0.25) is 4.79 Å². The number of benzene rings is 1. The van der Waals surface area contributed by atoms with Crippen molar-refractivity contribution in [2.75, 3.05) is 13.1 Å². The van der Waals surface area contributed by atoms with Crippen molar-refractivity contribution in [2.45, 2.75) is 13.0 Å². The van der Waals surface area contributed by atoms with E-state index in [4.69, 9.17) is 5.73 Å². The molecule has 80 valence electrons. The molecular weight excluding hydrogens is 256 g/mol. The second kappa shape index (κ2) is 3.94. The minimum absolute atomic E-state index is 0.0670. The fraction of sp³-hybridized carbons (Fsp3) is 0.364. The van der Waals surface area contributed by atoms with Gasteiger partial charge in [-0.25, -0.2) is 0 Å². The molecule has 4 heteroatoms. The highest BCUT2D eigenvalue weighted by molar-refractivity contribution is 9.10. The molecule has 1 amide bonds. The lowest BCUT2D eigenvalue weighted by atomic mass is 10.1. The van der Waals surface area contributed by atoms with Gasteiger partial charge in [0.05, 0.1) is 0 Å². The Morgan fingerprint density at radius 2 is 2.20 bits per heavy atom. The highest BCUT2D eigenvalue weighted by Crippen LogP contribution is 2.20. The summed E-state index contributed by atoms with van der Waals surface area (Å²) in [6.45, 7) is 3.34. The van der Waals surface area contributed by atoms with Crippen LogP contribution >= 0.6 is 15.9 Å². The van der Waals surface area contributed by atoms with E-state index in [0.29, 0.717) is 13.1 Å². The third kappa shape index (κ3) is 2.06. The number of amides is 1. The maximum absolute atomic E-state index is 11.9. The van der Waals surface area contributed by atoms with Crippen LogP contribution in [0.25, 0.3) is 0 Å². The summed E-state index contributed by atoms with van der Waals surface area (Å²) in [7, 11) is 0. The average molecular weight is 269 g/mol. The van der Waals surface area contributed by atoms with Crippen LogP contribution in [-0.4, -0.2) is 29.9 Å². The lowest BCUT2D eigenvalue weighted by molar-refractivity contribution is 0.0608. The van der Waals surface area contributed by atoms with Crippen molar-refractivity contribution in [3.63, 3.8) is 0 Å². The zero-order chi connectivity index (χ0) is 11.0. The molecule has 0 aromatic heterocycles. The van der Waals surface area contributed by atoms with Gasteiger partial charge in [0.2, 0.25) is 0 Å². The van der Waals surface area contributed by atoms with Gasteiger partial charge < -0.3 is 10.6 Å². The minimum atomic E-state index is 0.0670. The third-order valence-electron chi connectivity index (χ3n) is 2.62. The van der Waals surface area contributed by atoms with E-state index in [-0.39, 0.29) is 11.9 Å². The number of hydrogen-bond acceptors (Lipinski definition) is 2. The van der Waals surface area contributed by atoms with Crippen LogP contribution in [0.4, 0.5) is 0 Å². The van der Waals surface area contributed by atoms with E-state index in [0.717, 1.165) is 15.6 Å². The van der Waals surface area contributed by atoms with Crippen LogP contribution < -0.4 is 5.73 Å². The van der Waals surface area contributed by atoms with Gasteiger partial charge in [0.25, 0.3) is 5.91 Å². The molecule has 0 radical (unpaired) electrons. The summed E-state index contributed by atoms with van der Waals surface area (Å²) in [6, 6.07) is 5.81. The van der Waals surface area contributed by atoms with E-state index >= 15 is 0 Å². The Morgan fingerprint density at radius 3 is 2.73 bits per heavy atom. The van der Waals surface area contributed by atoms with E-state index in [2.05, 4.69) is 15.9 Å². The van der Waals surface area contributed by atoms with Gasteiger partial charge in [-0.05, 0) is 24.6 Å². The Bertz CT molecular complexity index is 400. The summed E-state index contributed by atoms with van der Waals surface area (Å²) in [5, 5.41) is 0. The first-order valence-corrected chi connectivity index (χ1v) is 5.68. The fourth-order valence-corrected chi connectivity index (χ4v) is 1.97. The van der Waals surface area contributed by atoms with Crippen molar-refractivity contribution >= 4 is 21.8 Å². The van der Waals surface area contributed by atoms with Crippen molar-refractivity contribution in [3.8, 4) is 0 Å². The van der Waals surface area contributed by atoms with Gasteiger partial charge >= 0.3 is 0 Å². The molecule has 1 fully saturated rings. The Morgan fingerprint density at radius 1 is 1.53 bits per heavy atom. The number of carbonyl (C=O) groups excluding carboxylic acids is 1. The normalized spacial score (nSPS) is 16.3. The van der Waals surface area contributed by atoms with Crippen LogP contribution in [0.15, 0.2) is 22.7 Å². The standard InChI is InChI=1S/C11H13BrN2O/c1-7-2-3-8(4-10(7)12)11(15)14-5-9(13)6-14/h2-4,9H,5-6,13H2,1H3. The predicted molar refractivity (Wildman–Crippen MR) is 62.8 cm³/mol. The van der Waals surface area contributed by atoms with E-state index in [1.165, 1.54) is 0 Å². The molecule has 1 aliphatic rings. The lowest BCUT2D eigenvalue weighted by Crippen LogP contribution is -2.57. The van der Waals surface area contributed by atoms with Gasteiger partial charge in [-0.15, -0.1) is 0 Å². The third-order valence-corrected chi connectivity index (χ3v) is 3.47. The first-order chi connectivity index (χ1) is 7.08. The Kier molecular flexibility index (Phi) is 2.80. The van der Waals surface area contributed by atoms with Crippen molar-refractivity contribution < 1.29 is 4.79 Å². The van der Waals surface area contributed by atoms with Crippen molar-refractivity contribution in [2.24, 2.45) is 5.73 Å². The maximum Gasteiger partial charge on any atom is 0.254 e. The van der Waals surface area contributed by atoms with Crippen LogP contribution in [-0.2, 0) is 0 Å². The molecule has 0 spiro atoms. The summed E-state index contributed by atoms with van der Waals surface area (Å²) in [6.07, 6.45) is 0. The zero-order valence-electron chi connectivity index (χ0n) is 8.53. The number of carbonyl (C=O) groups is 1. The van der Waals surface area contributed by atoms with Crippen molar-refractivity contribution in [3.05, 3.63) is 33.8 Å². The first-order valence-electron chi connectivity index (χ1n) is 4.89. The van der Waals surface area contributed by atoms with Crippen molar-refractivity contribution in [1.29, 1.82) is 0 Å². The monoisotopic (exact) mass is 268 g/mol. The molecule has 1 aliphatic heterocycles. The number of nitrogens with zero attached hydrogens (tertiary/aromatic N) is 1. The van der Waals surface area contributed by atoms with E-state index in [1.54, 1.807) is 4.90 Å². The van der Waals surface area contributed by atoms with Crippen LogP contribution in [0.1, 0.15) is 15.9 Å². The van der Waals surface area contributed by atoms with Crippen LogP contribution in [0.3, 0.4) is 0 Å². The first kappa shape index (κ1) is 10.6. The number of rotatable bonds is 1. The molecule has 2 N–H and O–H groups in total. The Labute approximate surface area is 97.4 Å². The molecule has 0 aliphatic carbocycles. The molecule has 0 saturated carbocycles. The maximum atomic E-state index is 11.9. The van der Waals surface area contributed by atoms with E-state index < -0.39 is 0 Å². The fourth-order valence-electron chi connectivity index (χ4n) is 1.59. The van der Waals surface area contributed by atoms with Gasteiger partial charge in [0.1, 0.15) is 0 Å². The van der Waals surface area contributed by atoms with Gasteiger partial charge in [-0.2, -0.15) is 0 Å². The second-order valence-corrected chi connectivity index (χ2v) is 4.79. The largest absolute Gasteiger partial charge is 0.335 e. The average Bonchev–Trinajstić information content (AvgIpc) is 2.16. The number of halogens is 1. The van der Waals surface area contributed by atoms with Gasteiger partial charge in [0, 0.05) is 29.2 Å². The second-order valence-electron chi connectivity index (χ2n) is 3.93. The Hall–Kier alpha value is -0.870. The predicted octanol–water partition coefficient (Wildman–Crippen LogP) is 1.54. The summed E-state index contributed by atoms with van der Waals surface area (Å²) in [4.78, 5) is 13.7. The highest BCUT2D eigenvalue weighted by atomic mass is 79.9. The molecule has 3 nitrogen and oxygen atoms in total. The molecule has 1 aromatic carbocycles. The number of nitrogens with two attached hydrogens (primary N) is 1. The molecular formula is C11H13BrN2O. The molecule has 2 rings (SSSR count). The summed E-state index contributed by atoms with van der Waals surface area (Å²) in [5.74, 6) is 0.0670. The molecule has 15 heavy (non-hydrogen) atoms. The molecule has 1 aromatic rings. The molecule has 1 heterocycles. The van der Waals surface area contributed by atoms with Crippen LogP contribution in [0, 0.1) is 6.92 Å². The SMILES string of the molecule is Cc1ccc(C(=O)N2CC(N)C2)cc1Br. The quantitative estimate of drug-likeness (QED) is 0.840. The van der Waals surface area contributed by atoms with Crippen molar-refractivity contribution in [1.82, 2.24) is 4.90 Å². The van der Waals surface area contributed by atoms with E-state index in [1.807, 2.05) is 25.1 Å². The van der Waals surface area contributed by atoms with E-state index in [9.17, 15) is 4.79 Å². The molecule has 0 atom stereocenters. The highest BCUT2D eigenvalue weighted by Gasteiger charge is 2.28. The van der Waals surface area contributed by atoms with Gasteiger partial charge in [-0.1, -0.05) is 22.0 Å². The molecule has 1 saturated heterocycles. The van der Waals surface area contributed by atoms with Crippen LogP contribution in [0.2, 0.25) is 0 Å². The minimum Gasteiger partial charge on any atom is -0.335 e. The molecule has 0 bridgehead atoms. The number of hydrogen-bond donors (Lipinski definition) is 1. The van der Waals surface area contributed by atoms with Gasteiger partial charge in [0.15, 0.2) is 0 Å². The topological polar surface area (TPSA) is 46.3 Å².